The van der Waals surface area contributed by atoms with Crippen molar-refractivity contribution in [1.82, 2.24) is 10.6 Å². The summed E-state index contributed by atoms with van der Waals surface area (Å²) in [5.41, 5.74) is 2.76. The van der Waals surface area contributed by atoms with Gasteiger partial charge in [0.25, 0.3) is 5.91 Å². The van der Waals surface area contributed by atoms with E-state index in [0.29, 0.717) is 23.3 Å². The topological polar surface area (TPSA) is 84.5 Å². The van der Waals surface area contributed by atoms with E-state index in [0.717, 1.165) is 38.5 Å². The molecule has 5 aliphatic rings. The van der Waals surface area contributed by atoms with E-state index in [4.69, 9.17) is 4.74 Å². The molecule has 1 aromatic carbocycles. The molecule has 4 bridgehead atoms. The van der Waals surface area contributed by atoms with Crippen LogP contribution >= 0.6 is 0 Å². The number of fused-ring (bicyclic) bond motifs is 1. The molecular formula is C23H28N2O4. The summed E-state index contributed by atoms with van der Waals surface area (Å²) in [4.78, 5) is 36.7. The smallest absolute Gasteiger partial charge is 0.338 e. The van der Waals surface area contributed by atoms with Gasteiger partial charge in [0, 0.05) is 5.54 Å². The summed E-state index contributed by atoms with van der Waals surface area (Å²) in [6.07, 6.45) is 10.1. The molecule has 0 heterocycles. The van der Waals surface area contributed by atoms with Crippen LogP contribution in [0.4, 0.5) is 4.79 Å². The first-order valence-corrected chi connectivity index (χ1v) is 10.9. The largest absolute Gasteiger partial charge is 0.452 e. The molecule has 4 fully saturated rings. The van der Waals surface area contributed by atoms with Gasteiger partial charge in [-0.1, -0.05) is 6.07 Å². The predicted molar refractivity (Wildman–Crippen MR) is 106 cm³/mol. The highest BCUT2D eigenvalue weighted by Crippen LogP contribution is 2.55. The summed E-state index contributed by atoms with van der Waals surface area (Å²) < 4.78 is 5.11. The van der Waals surface area contributed by atoms with Crippen LogP contribution in [0, 0.1) is 17.8 Å². The number of hydrogen-bond acceptors (Lipinski definition) is 4. The Morgan fingerprint density at radius 1 is 0.966 bits per heavy atom. The second-order valence-corrected chi connectivity index (χ2v) is 9.61. The van der Waals surface area contributed by atoms with Crippen LogP contribution in [0.2, 0.25) is 0 Å². The Bertz CT molecular complexity index is 827. The van der Waals surface area contributed by atoms with Gasteiger partial charge in [0.1, 0.15) is 0 Å². The number of imide groups is 1. The lowest BCUT2D eigenvalue weighted by molar-refractivity contribution is -0.123. The van der Waals surface area contributed by atoms with Crippen LogP contribution in [0.3, 0.4) is 0 Å². The zero-order valence-corrected chi connectivity index (χ0v) is 16.7. The van der Waals surface area contributed by atoms with Gasteiger partial charge in [0.05, 0.1) is 5.56 Å². The molecule has 6 nitrogen and oxygen atoms in total. The minimum atomic E-state index is -0.596. The van der Waals surface area contributed by atoms with Gasteiger partial charge in [-0.25, -0.2) is 9.59 Å². The molecule has 5 aliphatic carbocycles. The minimum absolute atomic E-state index is 0.153. The third kappa shape index (κ3) is 3.77. The van der Waals surface area contributed by atoms with Crippen molar-refractivity contribution in [3.63, 3.8) is 0 Å². The van der Waals surface area contributed by atoms with E-state index in [1.807, 2.05) is 12.1 Å². The zero-order valence-electron chi connectivity index (χ0n) is 16.7. The van der Waals surface area contributed by atoms with Gasteiger partial charge >= 0.3 is 12.0 Å². The maximum absolute atomic E-state index is 12.4. The third-order valence-corrected chi connectivity index (χ3v) is 7.34. The van der Waals surface area contributed by atoms with Crippen molar-refractivity contribution in [2.45, 2.75) is 63.3 Å². The predicted octanol–water partition coefficient (Wildman–Crippen LogP) is 3.13. The molecule has 1 aromatic rings. The molecular weight excluding hydrogens is 368 g/mol. The van der Waals surface area contributed by atoms with Crippen LogP contribution in [-0.2, 0) is 22.4 Å². The molecule has 6 rings (SSSR count). The fourth-order valence-electron chi connectivity index (χ4n) is 6.61. The van der Waals surface area contributed by atoms with Crippen molar-refractivity contribution in [2.24, 2.45) is 17.8 Å². The van der Waals surface area contributed by atoms with Crippen molar-refractivity contribution in [3.05, 3.63) is 34.9 Å². The van der Waals surface area contributed by atoms with Crippen molar-refractivity contribution in [3.8, 4) is 0 Å². The fourth-order valence-corrected chi connectivity index (χ4v) is 6.61. The van der Waals surface area contributed by atoms with Gasteiger partial charge in [0.2, 0.25) is 0 Å². The number of carbonyl (C=O) groups excluding carboxylic acids is 3. The Hall–Kier alpha value is -2.37. The number of esters is 1. The number of ether oxygens (including phenoxy) is 1. The number of nitrogens with one attached hydrogen (secondary N) is 2. The summed E-state index contributed by atoms with van der Waals surface area (Å²) in [5, 5.41) is 5.43. The van der Waals surface area contributed by atoms with Crippen molar-refractivity contribution in [1.29, 1.82) is 0 Å². The van der Waals surface area contributed by atoms with Gasteiger partial charge < -0.3 is 10.1 Å². The minimum Gasteiger partial charge on any atom is -0.452 e. The quantitative estimate of drug-likeness (QED) is 0.766. The standard InChI is InChI=1S/C23H28N2O4/c26-20(13-29-21(27)19-5-4-17-2-1-3-18(17)9-19)24-22(28)25-23-10-14-6-15(11-23)8-16(7-14)12-23/h4-5,9,14-16H,1-3,6-8,10-13H2,(H2,24,25,26,28). The van der Waals surface area contributed by atoms with Crippen LogP contribution < -0.4 is 10.6 Å². The van der Waals surface area contributed by atoms with Gasteiger partial charge in [-0.05, 0) is 98.8 Å². The molecule has 0 radical (unpaired) electrons. The lowest BCUT2D eigenvalue weighted by atomic mass is 9.53. The average Bonchev–Trinajstić information content (AvgIpc) is 3.12. The number of hydrogen-bond donors (Lipinski definition) is 2. The average molecular weight is 396 g/mol. The van der Waals surface area contributed by atoms with Crippen LogP contribution in [0.5, 0.6) is 0 Å². The van der Waals surface area contributed by atoms with E-state index >= 15 is 0 Å². The number of amides is 3. The van der Waals surface area contributed by atoms with Gasteiger partial charge in [-0.15, -0.1) is 0 Å². The Morgan fingerprint density at radius 3 is 2.31 bits per heavy atom. The van der Waals surface area contributed by atoms with E-state index in [1.54, 1.807) is 6.07 Å². The molecule has 4 saturated carbocycles. The number of urea groups is 1. The Morgan fingerprint density at radius 2 is 1.62 bits per heavy atom. The van der Waals surface area contributed by atoms with Crippen LogP contribution in [-0.4, -0.2) is 30.1 Å². The maximum atomic E-state index is 12.4. The first-order valence-electron chi connectivity index (χ1n) is 10.9. The summed E-state index contributed by atoms with van der Waals surface area (Å²) in [5.74, 6) is 1.01. The van der Waals surface area contributed by atoms with Crippen molar-refractivity contribution >= 4 is 17.9 Å². The molecule has 0 spiro atoms. The second-order valence-electron chi connectivity index (χ2n) is 9.61. The molecule has 0 aliphatic heterocycles. The van der Waals surface area contributed by atoms with E-state index < -0.39 is 24.5 Å². The Labute approximate surface area is 170 Å². The second kappa shape index (κ2) is 7.15. The highest BCUT2D eigenvalue weighted by Gasteiger charge is 2.51. The molecule has 154 valence electrons. The first kappa shape index (κ1) is 18.6. The van der Waals surface area contributed by atoms with Crippen LogP contribution in [0.25, 0.3) is 0 Å². The SMILES string of the molecule is O=C(COC(=O)c1ccc2c(c1)CCC2)NC(=O)NC12CC3CC(CC(C3)C1)C2. The maximum Gasteiger partial charge on any atom is 0.338 e. The summed E-state index contributed by atoms with van der Waals surface area (Å²) in [6, 6.07) is 5.08. The lowest BCUT2D eigenvalue weighted by Gasteiger charge is -2.56. The van der Waals surface area contributed by atoms with Crippen LogP contribution in [0.1, 0.15) is 66.4 Å². The van der Waals surface area contributed by atoms with E-state index in [-0.39, 0.29) is 5.54 Å². The molecule has 0 aromatic heterocycles. The van der Waals surface area contributed by atoms with Crippen LogP contribution in [0.15, 0.2) is 18.2 Å². The molecule has 0 atom stereocenters. The monoisotopic (exact) mass is 396 g/mol. The molecule has 6 heteroatoms. The Balaban J connectivity index is 1.11. The zero-order chi connectivity index (χ0) is 20.0. The highest BCUT2D eigenvalue weighted by molar-refractivity contribution is 5.97. The third-order valence-electron chi connectivity index (χ3n) is 7.34. The summed E-state index contributed by atoms with van der Waals surface area (Å²) in [7, 11) is 0. The van der Waals surface area contributed by atoms with E-state index in [1.165, 1.54) is 30.4 Å². The first-order chi connectivity index (χ1) is 14.0. The fraction of sp³-hybridized carbons (Fsp3) is 0.609. The number of carbonyl (C=O) groups is 3. The molecule has 29 heavy (non-hydrogen) atoms. The highest BCUT2D eigenvalue weighted by atomic mass is 16.5. The van der Waals surface area contributed by atoms with Gasteiger partial charge in [0.15, 0.2) is 6.61 Å². The summed E-state index contributed by atoms with van der Waals surface area (Å²) in [6.45, 7) is -0.454. The normalized spacial score (nSPS) is 31.2. The molecule has 3 amide bonds. The molecule has 2 N–H and O–H groups in total. The number of aryl methyl sites for hydroxylation is 2. The van der Waals surface area contributed by atoms with Gasteiger partial charge in [-0.2, -0.15) is 0 Å². The van der Waals surface area contributed by atoms with E-state index in [2.05, 4.69) is 10.6 Å². The van der Waals surface area contributed by atoms with Crippen molar-refractivity contribution in [2.75, 3.05) is 6.61 Å². The van der Waals surface area contributed by atoms with E-state index in [9.17, 15) is 14.4 Å². The number of benzene rings is 1. The summed E-state index contributed by atoms with van der Waals surface area (Å²) >= 11 is 0. The molecule has 0 saturated heterocycles. The number of rotatable bonds is 4. The Kier molecular flexibility index (Phi) is 4.60. The lowest BCUT2D eigenvalue weighted by Crippen LogP contribution is -2.62. The van der Waals surface area contributed by atoms with Gasteiger partial charge in [-0.3, -0.25) is 10.1 Å². The van der Waals surface area contributed by atoms with Crippen molar-refractivity contribution < 1.29 is 19.1 Å². The molecule has 0 unspecified atom stereocenters.